The van der Waals surface area contributed by atoms with Crippen LogP contribution in [0.15, 0.2) is 0 Å². The van der Waals surface area contributed by atoms with Crippen LogP contribution in [0.25, 0.3) is 0 Å². The van der Waals surface area contributed by atoms with Crippen LogP contribution in [0, 0.1) is 24.7 Å². The van der Waals surface area contributed by atoms with Crippen molar-refractivity contribution in [1.82, 2.24) is 0 Å². The van der Waals surface area contributed by atoms with Crippen molar-refractivity contribution in [3.8, 4) is 0 Å². The predicted molar refractivity (Wildman–Crippen MR) is 181 cm³/mol. The molecule has 6 heteroatoms. The molecular weight excluding hydrogens is 567 g/mol. The maximum Gasteiger partial charge on any atom is 2.00 e. The van der Waals surface area contributed by atoms with Gasteiger partial charge in [0, 0.05) is 45.3 Å². The Hall–Kier alpha value is 0.957. The Balaban J connectivity index is -0.000000328. The van der Waals surface area contributed by atoms with E-state index in [1.807, 2.05) is 0 Å². The summed E-state index contributed by atoms with van der Waals surface area (Å²) in [6.07, 6.45) is 30.4. The largest absolute Gasteiger partial charge is 2.00 e. The number of ether oxygens (including phenoxy) is 4. The van der Waals surface area contributed by atoms with E-state index >= 15 is 0 Å². The van der Waals surface area contributed by atoms with Gasteiger partial charge in [-0.05, 0) is 25.7 Å². The van der Waals surface area contributed by atoms with Crippen molar-refractivity contribution in [2.75, 3.05) is 40.0 Å². The molecule has 0 amide bonds. The topological polar surface area (TPSA) is 36.9 Å². The van der Waals surface area contributed by atoms with Crippen molar-refractivity contribution >= 4 is 18.9 Å². The van der Waals surface area contributed by atoms with Gasteiger partial charge in [-0.3, -0.25) is 0 Å². The summed E-state index contributed by atoms with van der Waals surface area (Å²) in [4.78, 5) is 0. The molecule has 0 aromatic rings. The molecule has 0 aromatic carbocycles. The third-order valence-electron chi connectivity index (χ3n) is 7.37. The van der Waals surface area contributed by atoms with Crippen LogP contribution in [-0.2, 0) is 36.0 Å². The molecule has 42 heavy (non-hydrogen) atoms. The van der Waals surface area contributed by atoms with Crippen molar-refractivity contribution in [1.29, 1.82) is 0 Å². The summed E-state index contributed by atoms with van der Waals surface area (Å²) >= 11 is 0. The summed E-state index contributed by atoms with van der Waals surface area (Å²) in [6.45, 7) is 17.7. The standard InChI is InChI=1S/2C18H37O2.Cu.Li/c2*1-4-6-7-8-9-10-11-15-19-17-20-16-12-14-18(3)13-5-2;;/h2*5,18H,4,6-17H2,1-3H3;;/q2*-1;+2;. The molecule has 0 aliphatic heterocycles. The average molecular weight is 641 g/mol. The molecule has 0 bridgehead atoms. The van der Waals surface area contributed by atoms with Gasteiger partial charge in [0.2, 0.25) is 0 Å². The zero-order valence-corrected chi connectivity index (χ0v) is 30.6. The first-order chi connectivity index (χ1) is 19.6. The smallest absolute Gasteiger partial charge is 0.355 e. The van der Waals surface area contributed by atoms with Crippen LogP contribution in [0.1, 0.15) is 170 Å². The van der Waals surface area contributed by atoms with E-state index in [9.17, 15) is 0 Å². The minimum Gasteiger partial charge on any atom is -0.355 e. The molecule has 0 saturated heterocycles. The van der Waals surface area contributed by atoms with Gasteiger partial charge in [0.25, 0.3) is 0 Å². The minimum atomic E-state index is 0. The Morgan fingerprint density at radius 3 is 1.05 bits per heavy atom. The first-order valence-corrected chi connectivity index (χ1v) is 17.5. The van der Waals surface area contributed by atoms with Crippen LogP contribution in [0.3, 0.4) is 0 Å². The Bertz CT molecular complexity index is 393. The fraction of sp³-hybridized carbons (Fsp3) is 0.944. The van der Waals surface area contributed by atoms with E-state index in [0.717, 1.165) is 51.1 Å². The van der Waals surface area contributed by atoms with Crippen molar-refractivity contribution in [2.24, 2.45) is 11.8 Å². The van der Waals surface area contributed by atoms with Crippen LogP contribution < -0.4 is 0 Å². The maximum atomic E-state index is 5.49. The Kier molecular flexibility index (Phi) is 55.0. The second-order valence-electron chi connectivity index (χ2n) is 11.9. The molecule has 0 saturated carbocycles. The zero-order chi connectivity index (χ0) is 29.8. The molecule has 0 aliphatic rings. The summed E-state index contributed by atoms with van der Waals surface area (Å²) in [6, 6.07) is 0. The van der Waals surface area contributed by atoms with E-state index in [-0.39, 0.29) is 35.9 Å². The molecule has 254 valence electrons. The van der Waals surface area contributed by atoms with Gasteiger partial charge in [-0.1, -0.05) is 129 Å². The van der Waals surface area contributed by atoms with Crippen molar-refractivity contribution < 1.29 is 36.0 Å². The fourth-order valence-electron chi connectivity index (χ4n) is 4.78. The summed E-state index contributed by atoms with van der Waals surface area (Å²) < 4.78 is 22.0. The van der Waals surface area contributed by atoms with Gasteiger partial charge in [0.1, 0.15) is 13.6 Å². The van der Waals surface area contributed by atoms with Crippen molar-refractivity contribution in [3.63, 3.8) is 0 Å². The molecular formula is C36H74CuLiO4. The van der Waals surface area contributed by atoms with Gasteiger partial charge in [-0.2, -0.15) is 26.7 Å². The Labute approximate surface area is 288 Å². The van der Waals surface area contributed by atoms with Crippen LogP contribution in [0.2, 0.25) is 0 Å². The normalized spacial score (nSPS) is 12.1. The zero-order valence-electron chi connectivity index (χ0n) is 29.6. The third kappa shape index (κ3) is 47.9. The molecule has 0 N–H and O–H groups in total. The minimum absolute atomic E-state index is 0. The first-order valence-electron chi connectivity index (χ1n) is 17.5. The van der Waals surface area contributed by atoms with E-state index < -0.39 is 0 Å². The summed E-state index contributed by atoms with van der Waals surface area (Å²) in [5.74, 6) is 1.58. The van der Waals surface area contributed by atoms with E-state index in [1.165, 1.54) is 116 Å². The quantitative estimate of drug-likeness (QED) is 0.0317. The van der Waals surface area contributed by atoms with Crippen LogP contribution in [0.5, 0.6) is 0 Å². The molecule has 2 unspecified atom stereocenters. The van der Waals surface area contributed by atoms with Gasteiger partial charge in [0.05, 0.1) is 0 Å². The van der Waals surface area contributed by atoms with Crippen molar-refractivity contribution in [2.45, 2.75) is 170 Å². The maximum absolute atomic E-state index is 5.49. The third-order valence-corrected chi connectivity index (χ3v) is 7.37. The second kappa shape index (κ2) is 46.4. The van der Waals surface area contributed by atoms with Gasteiger partial charge in [0.15, 0.2) is 0 Å². The monoisotopic (exact) mass is 641 g/mol. The molecule has 0 rings (SSSR count). The van der Waals surface area contributed by atoms with Gasteiger partial charge in [-0.25, -0.2) is 0 Å². The average Bonchev–Trinajstić information content (AvgIpc) is 2.94. The first kappa shape index (κ1) is 49.8. The van der Waals surface area contributed by atoms with Gasteiger partial charge >= 0.3 is 17.1 Å². The fourth-order valence-corrected chi connectivity index (χ4v) is 4.78. The van der Waals surface area contributed by atoms with Gasteiger partial charge < -0.3 is 31.8 Å². The number of rotatable bonds is 32. The number of unbranched alkanes of at least 4 members (excludes halogenated alkanes) is 12. The van der Waals surface area contributed by atoms with Gasteiger partial charge in [-0.15, -0.1) is 0 Å². The van der Waals surface area contributed by atoms with E-state index in [2.05, 4.69) is 54.4 Å². The molecule has 2 radical (unpaired) electrons. The van der Waals surface area contributed by atoms with Crippen LogP contribution >= 0.6 is 0 Å². The number of hydrogen-bond donors (Lipinski definition) is 0. The SMILES string of the molecule is C[CH-]CC(C)CCCOCOCCCCCCCCC.C[CH-]CC(C)CCCOCOCCCCCCCCC.[Cu+2].[Li]. The molecule has 0 aromatic heterocycles. The van der Waals surface area contributed by atoms with Crippen molar-refractivity contribution in [3.05, 3.63) is 12.8 Å². The molecule has 0 aliphatic carbocycles. The van der Waals surface area contributed by atoms with E-state index in [4.69, 9.17) is 18.9 Å². The van der Waals surface area contributed by atoms with Crippen LogP contribution in [0.4, 0.5) is 0 Å². The van der Waals surface area contributed by atoms with E-state index in [0.29, 0.717) is 13.6 Å². The molecule has 0 spiro atoms. The predicted octanol–water partition coefficient (Wildman–Crippen LogP) is 11.1. The number of hydrogen-bond acceptors (Lipinski definition) is 4. The summed E-state index contributed by atoms with van der Waals surface area (Å²) in [7, 11) is 0. The molecule has 4 nitrogen and oxygen atoms in total. The van der Waals surface area contributed by atoms with Crippen LogP contribution in [-0.4, -0.2) is 58.9 Å². The molecule has 0 heterocycles. The Morgan fingerprint density at radius 1 is 0.452 bits per heavy atom. The summed E-state index contributed by atoms with van der Waals surface area (Å²) in [5, 5.41) is 0. The summed E-state index contributed by atoms with van der Waals surface area (Å²) in [5.41, 5.74) is 0. The van der Waals surface area contributed by atoms with E-state index in [1.54, 1.807) is 0 Å². The molecule has 0 fully saturated rings. The second-order valence-corrected chi connectivity index (χ2v) is 11.9. The molecule has 2 atom stereocenters. The Morgan fingerprint density at radius 2 is 0.738 bits per heavy atom.